The number of halogens is 1. The Bertz CT molecular complexity index is 1000. The summed E-state index contributed by atoms with van der Waals surface area (Å²) in [4.78, 5) is 19.4. The standard InChI is InChI=1S/C20H21FN4O2/c1-20(2,3)19-23-15-11-25(8-7-16(15)27-19)18(26)14-10-22-24-17(14)12-5-4-6-13(21)9-12/h4-6,9-10H,7-8,11H2,1-3H3,(H,22,24). The molecule has 0 spiro atoms. The minimum atomic E-state index is -0.361. The average molecular weight is 368 g/mol. The molecule has 0 saturated heterocycles. The SMILES string of the molecule is CC(C)(C)c1nc2c(o1)CCN(C(=O)c1cn[nH]c1-c1cccc(F)c1)C2. The monoisotopic (exact) mass is 368 g/mol. The molecule has 1 amide bonds. The van der Waals surface area contributed by atoms with E-state index in [1.54, 1.807) is 17.0 Å². The molecule has 1 aliphatic heterocycles. The lowest BCUT2D eigenvalue weighted by atomic mass is 9.97. The van der Waals surface area contributed by atoms with Crippen molar-refractivity contribution in [2.75, 3.05) is 6.54 Å². The molecule has 140 valence electrons. The van der Waals surface area contributed by atoms with E-state index in [2.05, 4.69) is 15.2 Å². The van der Waals surface area contributed by atoms with Crippen LogP contribution < -0.4 is 0 Å². The Balaban J connectivity index is 1.60. The van der Waals surface area contributed by atoms with Gasteiger partial charge >= 0.3 is 0 Å². The van der Waals surface area contributed by atoms with Crippen LogP contribution in [-0.4, -0.2) is 32.5 Å². The number of benzene rings is 1. The molecular formula is C20H21FN4O2. The van der Waals surface area contributed by atoms with E-state index in [-0.39, 0.29) is 17.1 Å². The smallest absolute Gasteiger partial charge is 0.258 e. The third-order valence-corrected chi connectivity index (χ3v) is 4.64. The lowest BCUT2D eigenvalue weighted by molar-refractivity contribution is 0.0728. The van der Waals surface area contributed by atoms with Crippen LogP contribution in [0.5, 0.6) is 0 Å². The Labute approximate surface area is 156 Å². The highest BCUT2D eigenvalue weighted by Gasteiger charge is 2.30. The molecule has 0 atom stereocenters. The van der Waals surface area contributed by atoms with Gasteiger partial charge in [0.25, 0.3) is 5.91 Å². The molecule has 0 saturated carbocycles. The third-order valence-electron chi connectivity index (χ3n) is 4.64. The van der Waals surface area contributed by atoms with Gasteiger partial charge in [-0.2, -0.15) is 5.10 Å². The molecule has 1 aromatic carbocycles. The highest BCUT2D eigenvalue weighted by atomic mass is 19.1. The van der Waals surface area contributed by atoms with Gasteiger partial charge in [-0.1, -0.05) is 32.9 Å². The van der Waals surface area contributed by atoms with Gasteiger partial charge in [0.15, 0.2) is 5.89 Å². The molecule has 0 fully saturated rings. The van der Waals surface area contributed by atoms with Crippen molar-refractivity contribution in [2.24, 2.45) is 0 Å². The Kier molecular flexibility index (Phi) is 4.09. The number of nitrogens with one attached hydrogen (secondary N) is 1. The topological polar surface area (TPSA) is 75.0 Å². The number of rotatable bonds is 2. The predicted molar refractivity (Wildman–Crippen MR) is 97.6 cm³/mol. The summed E-state index contributed by atoms with van der Waals surface area (Å²) in [6, 6.07) is 6.10. The summed E-state index contributed by atoms with van der Waals surface area (Å²) in [6.45, 7) is 7.07. The van der Waals surface area contributed by atoms with E-state index in [0.717, 1.165) is 11.5 Å². The molecule has 6 nitrogen and oxygen atoms in total. The van der Waals surface area contributed by atoms with Crippen molar-refractivity contribution >= 4 is 5.91 Å². The van der Waals surface area contributed by atoms with Gasteiger partial charge in [-0.05, 0) is 12.1 Å². The predicted octanol–water partition coefficient (Wildman–Crippen LogP) is 3.70. The molecule has 0 radical (unpaired) electrons. The molecule has 7 heteroatoms. The minimum Gasteiger partial charge on any atom is -0.445 e. The number of aromatic amines is 1. The summed E-state index contributed by atoms with van der Waals surface area (Å²) in [5, 5.41) is 6.81. The number of carbonyl (C=O) groups excluding carboxylic acids is 1. The van der Waals surface area contributed by atoms with Crippen LogP contribution in [0.2, 0.25) is 0 Å². The first-order valence-electron chi connectivity index (χ1n) is 8.90. The third kappa shape index (κ3) is 3.25. The van der Waals surface area contributed by atoms with Crippen LogP contribution in [0, 0.1) is 5.82 Å². The number of fused-ring (bicyclic) bond motifs is 1. The molecule has 3 heterocycles. The summed E-state index contributed by atoms with van der Waals surface area (Å²) < 4.78 is 19.4. The van der Waals surface area contributed by atoms with Crippen LogP contribution in [0.25, 0.3) is 11.3 Å². The van der Waals surface area contributed by atoms with Gasteiger partial charge in [0, 0.05) is 23.9 Å². The van der Waals surface area contributed by atoms with Gasteiger partial charge in [-0.25, -0.2) is 9.37 Å². The van der Waals surface area contributed by atoms with Crippen LogP contribution in [0.1, 0.15) is 48.5 Å². The summed E-state index contributed by atoms with van der Waals surface area (Å²) in [5.41, 5.74) is 2.14. The van der Waals surface area contributed by atoms with Crippen molar-refractivity contribution in [2.45, 2.75) is 39.2 Å². The molecule has 3 aromatic rings. The number of carbonyl (C=O) groups is 1. The second kappa shape index (κ2) is 6.33. The highest BCUT2D eigenvalue weighted by molar-refractivity contribution is 5.99. The van der Waals surface area contributed by atoms with Crippen LogP contribution in [0.3, 0.4) is 0 Å². The minimum absolute atomic E-state index is 0.158. The van der Waals surface area contributed by atoms with Crippen LogP contribution in [-0.2, 0) is 18.4 Å². The average Bonchev–Trinajstić information content (AvgIpc) is 3.27. The van der Waals surface area contributed by atoms with Gasteiger partial charge in [-0.15, -0.1) is 0 Å². The Morgan fingerprint density at radius 1 is 1.33 bits per heavy atom. The molecular weight excluding hydrogens is 347 g/mol. The fraction of sp³-hybridized carbons (Fsp3) is 0.350. The van der Waals surface area contributed by atoms with E-state index in [9.17, 15) is 9.18 Å². The Morgan fingerprint density at radius 3 is 2.89 bits per heavy atom. The normalized spacial score (nSPS) is 14.3. The van der Waals surface area contributed by atoms with Crippen molar-refractivity contribution in [3.63, 3.8) is 0 Å². The lowest BCUT2D eigenvalue weighted by Gasteiger charge is -2.25. The molecule has 0 aliphatic carbocycles. The summed E-state index contributed by atoms with van der Waals surface area (Å²) in [6.07, 6.45) is 2.11. The molecule has 1 aliphatic rings. The van der Waals surface area contributed by atoms with Crippen molar-refractivity contribution < 1.29 is 13.6 Å². The van der Waals surface area contributed by atoms with Gasteiger partial charge in [0.05, 0.1) is 24.0 Å². The number of amides is 1. The van der Waals surface area contributed by atoms with Crippen LogP contribution >= 0.6 is 0 Å². The number of oxazole rings is 1. The number of hydrogen-bond acceptors (Lipinski definition) is 4. The van der Waals surface area contributed by atoms with Gasteiger partial charge < -0.3 is 9.32 Å². The molecule has 0 unspecified atom stereocenters. The fourth-order valence-corrected chi connectivity index (χ4v) is 3.18. The maximum atomic E-state index is 13.6. The van der Waals surface area contributed by atoms with Crippen LogP contribution in [0.15, 0.2) is 34.9 Å². The number of H-pyrrole nitrogens is 1. The highest BCUT2D eigenvalue weighted by Crippen LogP contribution is 2.29. The summed E-state index contributed by atoms with van der Waals surface area (Å²) >= 11 is 0. The summed E-state index contributed by atoms with van der Waals surface area (Å²) in [5.74, 6) is 1.02. The zero-order valence-corrected chi connectivity index (χ0v) is 15.5. The van der Waals surface area contributed by atoms with Gasteiger partial charge in [0.1, 0.15) is 17.3 Å². The van der Waals surface area contributed by atoms with E-state index in [0.29, 0.717) is 42.2 Å². The van der Waals surface area contributed by atoms with E-state index in [1.165, 1.54) is 18.3 Å². The first kappa shape index (κ1) is 17.5. The number of hydrogen-bond donors (Lipinski definition) is 1. The zero-order valence-electron chi connectivity index (χ0n) is 15.5. The van der Waals surface area contributed by atoms with E-state index < -0.39 is 0 Å². The largest absolute Gasteiger partial charge is 0.445 e. The van der Waals surface area contributed by atoms with Gasteiger partial charge in [-0.3, -0.25) is 9.89 Å². The second-order valence-electron chi connectivity index (χ2n) is 7.78. The molecule has 0 bridgehead atoms. The maximum absolute atomic E-state index is 13.6. The van der Waals surface area contributed by atoms with Crippen molar-refractivity contribution in [1.82, 2.24) is 20.1 Å². The Hall–Kier alpha value is -2.96. The van der Waals surface area contributed by atoms with E-state index in [4.69, 9.17) is 4.42 Å². The fourth-order valence-electron chi connectivity index (χ4n) is 3.18. The first-order chi connectivity index (χ1) is 12.8. The Morgan fingerprint density at radius 2 is 2.15 bits per heavy atom. The number of nitrogens with zero attached hydrogens (tertiary/aromatic N) is 3. The molecule has 27 heavy (non-hydrogen) atoms. The molecule has 4 rings (SSSR count). The quantitative estimate of drug-likeness (QED) is 0.748. The lowest BCUT2D eigenvalue weighted by Crippen LogP contribution is -2.35. The molecule has 1 N–H and O–H groups in total. The first-order valence-corrected chi connectivity index (χ1v) is 8.90. The second-order valence-corrected chi connectivity index (χ2v) is 7.78. The van der Waals surface area contributed by atoms with Crippen molar-refractivity contribution in [3.8, 4) is 11.3 Å². The number of aromatic nitrogens is 3. The molecule has 2 aromatic heterocycles. The summed E-state index contributed by atoms with van der Waals surface area (Å²) in [7, 11) is 0. The van der Waals surface area contributed by atoms with Crippen molar-refractivity contribution in [3.05, 3.63) is 59.2 Å². The van der Waals surface area contributed by atoms with Crippen molar-refractivity contribution in [1.29, 1.82) is 0 Å². The van der Waals surface area contributed by atoms with E-state index >= 15 is 0 Å². The van der Waals surface area contributed by atoms with Gasteiger partial charge in [0.2, 0.25) is 0 Å². The maximum Gasteiger partial charge on any atom is 0.258 e. The zero-order chi connectivity index (χ0) is 19.2. The van der Waals surface area contributed by atoms with E-state index in [1.807, 2.05) is 20.8 Å². The van der Waals surface area contributed by atoms with Crippen LogP contribution in [0.4, 0.5) is 4.39 Å².